The molecule has 3 aromatic rings. The van der Waals surface area contributed by atoms with Crippen LogP contribution in [-0.2, 0) is 21.6 Å². The number of benzene rings is 3. The molecule has 0 saturated heterocycles. The lowest BCUT2D eigenvalue weighted by atomic mass is 10.2. The average molecular weight is 354 g/mol. The van der Waals surface area contributed by atoms with Gasteiger partial charge in [-0.25, -0.2) is 8.42 Å². The molecule has 0 N–H and O–H groups in total. The average Bonchev–Trinajstić information content (AvgIpc) is 2.61. The molecule has 2 atom stereocenters. The van der Waals surface area contributed by atoms with Gasteiger partial charge in [0.15, 0.2) is 0 Å². The van der Waals surface area contributed by atoms with Crippen LogP contribution >= 0.6 is 0 Å². The Morgan fingerprint density at radius 1 is 0.583 bits per heavy atom. The molecule has 4 heteroatoms. The molecule has 0 bridgehead atoms. The van der Waals surface area contributed by atoms with Crippen molar-refractivity contribution >= 4 is 21.6 Å². The third-order valence-electron chi connectivity index (χ3n) is 3.69. The van der Waals surface area contributed by atoms with Crippen LogP contribution in [0.25, 0.3) is 0 Å². The van der Waals surface area contributed by atoms with E-state index in [0.717, 1.165) is 16.0 Å². The lowest BCUT2D eigenvalue weighted by Crippen LogP contribution is -2.02. The van der Waals surface area contributed by atoms with Gasteiger partial charge in [0.2, 0.25) is 0 Å². The molecule has 24 heavy (non-hydrogen) atoms. The summed E-state index contributed by atoms with van der Waals surface area (Å²) < 4.78 is 25.9. The van der Waals surface area contributed by atoms with Crippen LogP contribution in [0.3, 0.4) is 0 Å². The molecule has 2 nitrogen and oxygen atoms in total. The molecule has 0 saturated carbocycles. The zero-order valence-electron chi connectivity index (χ0n) is 13.6. The van der Waals surface area contributed by atoms with Gasteiger partial charge >= 0.3 is 0 Å². The minimum atomic E-state index is -1.36. The van der Waals surface area contributed by atoms with Crippen molar-refractivity contribution in [3.05, 3.63) is 83.9 Å². The van der Waals surface area contributed by atoms with Crippen LogP contribution in [0.4, 0.5) is 0 Å². The van der Waals surface area contributed by atoms with E-state index in [-0.39, 0.29) is 0 Å². The van der Waals surface area contributed by atoms with Crippen molar-refractivity contribution < 1.29 is 8.42 Å². The van der Waals surface area contributed by atoms with E-state index in [2.05, 4.69) is 0 Å². The molecule has 0 aromatic heterocycles. The Bertz CT molecular complexity index is 915. The van der Waals surface area contributed by atoms with Crippen LogP contribution in [0.1, 0.15) is 11.1 Å². The molecule has 0 fully saturated rings. The van der Waals surface area contributed by atoms with Gasteiger partial charge in [0, 0.05) is 9.79 Å². The second-order valence-electron chi connectivity index (χ2n) is 5.61. The first kappa shape index (κ1) is 16.8. The maximum absolute atomic E-state index is 13.0. The van der Waals surface area contributed by atoms with E-state index < -0.39 is 21.6 Å². The lowest BCUT2D eigenvalue weighted by Gasteiger charge is -2.10. The summed E-state index contributed by atoms with van der Waals surface area (Å²) in [6, 6.07) is 22.4. The van der Waals surface area contributed by atoms with Gasteiger partial charge in [-0.1, -0.05) is 42.0 Å². The van der Waals surface area contributed by atoms with Crippen molar-refractivity contribution in [2.45, 2.75) is 33.4 Å². The molecular weight excluding hydrogens is 336 g/mol. The Kier molecular flexibility index (Phi) is 5.07. The molecule has 0 heterocycles. The lowest BCUT2D eigenvalue weighted by molar-refractivity contribution is 0.674. The van der Waals surface area contributed by atoms with Crippen LogP contribution in [0.5, 0.6) is 0 Å². The van der Waals surface area contributed by atoms with Gasteiger partial charge in [0.1, 0.15) is 0 Å². The molecule has 0 aliphatic heterocycles. The van der Waals surface area contributed by atoms with Crippen LogP contribution in [-0.4, -0.2) is 8.42 Å². The standard InChI is InChI=1S/C20H18O2S2/c1-15-10-12-17(13-11-15)23(21)19-8-3-4-9-20(19)24(22)18-7-5-6-16(2)14-18/h3-14H,1-2H3. The third kappa shape index (κ3) is 3.55. The summed E-state index contributed by atoms with van der Waals surface area (Å²) in [7, 11) is -2.72. The number of rotatable bonds is 4. The zero-order chi connectivity index (χ0) is 17.1. The number of hydrogen-bond donors (Lipinski definition) is 0. The molecule has 0 spiro atoms. The van der Waals surface area contributed by atoms with Gasteiger partial charge in [-0.3, -0.25) is 0 Å². The van der Waals surface area contributed by atoms with Gasteiger partial charge < -0.3 is 0 Å². The van der Waals surface area contributed by atoms with Gasteiger partial charge in [0.25, 0.3) is 0 Å². The van der Waals surface area contributed by atoms with Crippen molar-refractivity contribution in [2.75, 3.05) is 0 Å². The van der Waals surface area contributed by atoms with Crippen LogP contribution in [0.15, 0.2) is 92.4 Å². The SMILES string of the molecule is Cc1ccc(S(=O)c2ccccc2S(=O)c2cccc(C)c2)cc1. The van der Waals surface area contributed by atoms with Crippen molar-refractivity contribution in [2.24, 2.45) is 0 Å². The first-order chi connectivity index (χ1) is 11.6. The van der Waals surface area contributed by atoms with E-state index in [0.29, 0.717) is 14.7 Å². The Morgan fingerprint density at radius 2 is 1.17 bits per heavy atom. The Balaban J connectivity index is 2.03. The summed E-state index contributed by atoms with van der Waals surface area (Å²) in [6.07, 6.45) is 0. The second-order valence-corrected chi connectivity index (χ2v) is 8.51. The van der Waals surface area contributed by atoms with Gasteiger partial charge in [0.05, 0.1) is 31.4 Å². The number of aryl methyl sites for hydroxylation is 2. The van der Waals surface area contributed by atoms with E-state index >= 15 is 0 Å². The van der Waals surface area contributed by atoms with E-state index in [1.54, 1.807) is 12.1 Å². The fraction of sp³-hybridized carbons (Fsp3) is 0.100. The molecule has 0 aliphatic rings. The smallest absolute Gasteiger partial charge is 0.0862 e. The molecule has 0 aliphatic carbocycles. The van der Waals surface area contributed by atoms with E-state index in [9.17, 15) is 8.42 Å². The second kappa shape index (κ2) is 7.24. The van der Waals surface area contributed by atoms with E-state index in [1.807, 2.05) is 74.5 Å². The molecule has 3 aromatic carbocycles. The summed E-state index contributed by atoms with van der Waals surface area (Å²) >= 11 is 0. The van der Waals surface area contributed by atoms with Crippen molar-refractivity contribution in [1.82, 2.24) is 0 Å². The third-order valence-corrected chi connectivity index (χ3v) is 6.71. The maximum Gasteiger partial charge on any atom is 0.0862 e. The first-order valence-corrected chi connectivity index (χ1v) is 9.92. The van der Waals surface area contributed by atoms with Crippen LogP contribution in [0, 0.1) is 13.8 Å². The molecular formula is C20H18O2S2. The Hall–Kier alpha value is -2.04. The molecule has 2 unspecified atom stereocenters. The predicted molar refractivity (Wildman–Crippen MR) is 98.1 cm³/mol. The number of hydrogen-bond acceptors (Lipinski definition) is 2. The Labute approximate surface area is 147 Å². The molecule has 0 radical (unpaired) electrons. The highest BCUT2D eigenvalue weighted by Gasteiger charge is 2.17. The zero-order valence-corrected chi connectivity index (χ0v) is 15.2. The van der Waals surface area contributed by atoms with E-state index in [4.69, 9.17) is 0 Å². The van der Waals surface area contributed by atoms with Crippen molar-refractivity contribution in [3.63, 3.8) is 0 Å². The molecule has 0 amide bonds. The fourth-order valence-corrected chi connectivity index (χ4v) is 5.15. The van der Waals surface area contributed by atoms with Gasteiger partial charge in [-0.15, -0.1) is 0 Å². The van der Waals surface area contributed by atoms with Crippen LogP contribution < -0.4 is 0 Å². The topological polar surface area (TPSA) is 34.1 Å². The van der Waals surface area contributed by atoms with Crippen molar-refractivity contribution in [1.29, 1.82) is 0 Å². The van der Waals surface area contributed by atoms with Crippen LogP contribution in [0.2, 0.25) is 0 Å². The largest absolute Gasteiger partial charge is 0.249 e. The van der Waals surface area contributed by atoms with Crippen molar-refractivity contribution in [3.8, 4) is 0 Å². The van der Waals surface area contributed by atoms with Gasteiger partial charge in [-0.05, 0) is 55.8 Å². The monoisotopic (exact) mass is 354 g/mol. The molecule has 3 rings (SSSR count). The molecule has 122 valence electrons. The highest BCUT2D eigenvalue weighted by molar-refractivity contribution is 7.88. The predicted octanol–water partition coefficient (Wildman–Crippen LogP) is 4.64. The Morgan fingerprint density at radius 3 is 1.75 bits per heavy atom. The highest BCUT2D eigenvalue weighted by Crippen LogP contribution is 2.26. The normalized spacial score (nSPS) is 13.4. The fourth-order valence-electron chi connectivity index (χ4n) is 2.40. The summed E-state index contributed by atoms with van der Waals surface area (Å²) in [5, 5.41) is 0. The van der Waals surface area contributed by atoms with E-state index in [1.165, 1.54) is 0 Å². The maximum atomic E-state index is 13.0. The quantitative estimate of drug-likeness (QED) is 0.684. The summed E-state index contributed by atoms with van der Waals surface area (Å²) in [6.45, 7) is 3.96. The first-order valence-electron chi connectivity index (χ1n) is 7.62. The minimum absolute atomic E-state index is 0.598. The minimum Gasteiger partial charge on any atom is -0.249 e. The van der Waals surface area contributed by atoms with Gasteiger partial charge in [-0.2, -0.15) is 0 Å². The summed E-state index contributed by atoms with van der Waals surface area (Å²) in [4.78, 5) is 2.64. The summed E-state index contributed by atoms with van der Waals surface area (Å²) in [5.41, 5.74) is 2.17. The highest BCUT2D eigenvalue weighted by atomic mass is 32.2. The summed E-state index contributed by atoms with van der Waals surface area (Å²) in [5.74, 6) is 0.